The third kappa shape index (κ3) is 2.93. The van der Waals surface area contributed by atoms with Crippen LogP contribution in [0.3, 0.4) is 0 Å². The molecular weight excluding hydrogens is 264 g/mol. The van der Waals surface area contributed by atoms with Gasteiger partial charge in [0.25, 0.3) is 0 Å². The molecule has 0 aromatic heterocycles. The van der Waals surface area contributed by atoms with E-state index in [1.807, 2.05) is 12.1 Å². The molecular formula is C17H26N2O2. The summed E-state index contributed by atoms with van der Waals surface area (Å²) in [7, 11) is 6.07. The Morgan fingerprint density at radius 3 is 2.95 bits per heavy atom. The van der Waals surface area contributed by atoms with Crippen LogP contribution in [0.25, 0.3) is 0 Å². The van der Waals surface area contributed by atoms with Crippen LogP contribution in [-0.2, 0) is 11.3 Å². The van der Waals surface area contributed by atoms with Gasteiger partial charge >= 0.3 is 0 Å². The Morgan fingerprint density at radius 2 is 2.19 bits per heavy atom. The summed E-state index contributed by atoms with van der Waals surface area (Å²) < 4.78 is 11.3. The maximum Gasteiger partial charge on any atom is 0.123 e. The SMILES string of the molecule is COc1ccccc1CN1C[C@H]2COC[C@@]2(CN(C)C)C1. The van der Waals surface area contributed by atoms with Crippen molar-refractivity contribution in [2.75, 3.05) is 54.1 Å². The first-order chi connectivity index (χ1) is 10.1. The molecule has 2 saturated heterocycles. The Bertz CT molecular complexity index is 491. The summed E-state index contributed by atoms with van der Waals surface area (Å²) in [5.74, 6) is 1.65. The number of nitrogens with zero attached hydrogens (tertiary/aromatic N) is 2. The van der Waals surface area contributed by atoms with Gasteiger partial charge in [-0.2, -0.15) is 0 Å². The number of likely N-dealkylation sites (tertiary alicyclic amines) is 1. The summed E-state index contributed by atoms with van der Waals surface area (Å²) in [6, 6.07) is 8.34. The van der Waals surface area contributed by atoms with Crippen molar-refractivity contribution in [3.8, 4) is 5.75 Å². The summed E-state index contributed by atoms with van der Waals surface area (Å²) >= 11 is 0. The van der Waals surface area contributed by atoms with Gasteiger partial charge in [0, 0.05) is 43.1 Å². The largest absolute Gasteiger partial charge is 0.496 e. The summed E-state index contributed by atoms with van der Waals surface area (Å²) in [5, 5.41) is 0. The van der Waals surface area contributed by atoms with Crippen LogP contribution in [0.4, 0.5) is 0 Å². The number of benzene rings is 1. The Balaban J connectivity index is 1.71. The fourth-order valence-corrected chi connectivity index (χ4v) is 3.99. The summed E-state index contributed by atoms with van der Waals surface area (Å²) in [4.78, 5) is 4.86. The van der Waals surface area contributed by atoms with E-state index < -0.39 is 0 Å². The van der Waals surface area contributed by atoms with Gasteiger partial charge in [0.2, 0.25) is 0 Å². The van der Waals surface area contributed by atoms with Crippen molar-refractivity contribution in [2.45, 2.75) is 6.54 Å². The zero-order valence-corrected chi connectivity index (χ0v) is 13.3. The van der Waals surface area contributed by atoms with E-state index in [1.165, 1.54) is 5.56 Å². The first kappa shape index (κ1) is 14.8. The van der Waals surface area contributed by atoms with Crippen molar-refractivity contribution in [2.24, 2.45) is 11.3 Å². The normalized spacial score (nSPS) is 29.0. The third-order valence-corrected chi connectivity index (χ3v) is 4.81. The highest BCUT2D eigenvalue weighted by molar-refractivity contribution is 5.33. The molecule has 0 aliphatic carbocycles. The number of hydrogen-bond acceptors (Lipinski definition) is 4. The van der Waals surface area contributed by atoms with E-state index in [0.29, 0.717) is 11.3 Å². The van der Waals surface area contributed by atoms with Crippen LogP contribution in [0.1, 0.15) is 5.56 Å². The van der Waals surface area contributed by atoms with Crippen molar-refractivity contribution in [1.29, 1.82) is 0 Å². The van der Waals surface area contributed by atoms with Gasteiger partial charge in [-0.15, -0.1) is 0 Å². The zero-order chi connectivity index (χ0) is 14.9. The number of methoxy groups -OCH3 is 1. The number of rotatable bonds is 5. The second kappa shape index (κ2) is 5.95. The van der Waals surface area contributed by atoms with Gasteiger partial charge in [0.1, 0.15) is 5.75 Å². The summed E-state index contributed by atoms with van der Waals surface area (Å²) in [5.41, 5.74) is 1.59. The minimum Gasteiger partial charge on any atom is -0.496 e. The van der Waals surface area contributed by atoms with Crippen molar-refractivity contribution >= 4 is 0 Å². The molecule has 1 aromatic carbocycles. The fourth-order valence-electron chi connectivity index (χ4n) is 3.99. The Kier molecular flexibility index (Phi) is 4.20. The lowest BCUT2D eigenvalue weighted by molar-refractivity contribution is 0.109. The van der Waals surface area contributed by atoms with E-state index in [9.17, 15) is 0 Å². The van der Waals surface area contributed by atoms with Gasteiger partial charge in [0.15, 0.2) is 0 Å². The topological polar surface area (TPSA) is 24.9 Å². The van der Waals surface area contributed by atoms with Gasteiger partial charge in [-0.3, -0.25) is 4.90 Å². The minimum atomic E-state index is 0.311. The average Bonchev–Trinajstić information content (AvgIpc) is 2.94. The van der Waals surface area contributed by atoms with E-state index in [0.717, 1.165) is 45.1 Å². The standard InChI is InChI=1S/C17H26N2O2/c1-18(2)11-17-12-19(9-15(17)10-21-13-17)8-14-6-4-5-7-16(14)20-3/h4-7,15H,8-13H2,1-3H3/t15-,17+/m0/s1. The molecule has 4 nitrogen and oxygen atoms in total. The van der Waals surface area contributed by atoms with Gasteiger partial charge in [-0.1, -0.05) is 18.2 Å². The van der Waals surface area contributed by atoms with Gasteiger partial charge in [0.05, 0.1) is 20.3 Å². The lowest BCUT2D eigenvalue weighted by Crippen LogP contribution is -2.40. The van der Waals surface area contributed by atoms with Crippen molar-refractivity contribution in [3.63, 3.8) is 0 Å². The van der Waals surface area contributed by atoms with E-state index in [1.54, 1.807) is 7.11 Å². The van der Waals surface area contributed by atoms with Crippen LogP contribution in [0.5, 0.6) is 5.75 Å². The van der Waals surface area contributed by atoms with Gasteiger partial charge in [-0.05, 0) is 20.2 Å². The van der Waals surface area contributed by atoms with E-state index >= 15 is 0 Å². The van der Waals surface area contributed by atoms with Crippen molar-refractivity contribution in [3.05, 3.63) is 29.8 Å². The smallest absolute Gasteiger partial charge is 0.123 e. The molecule has 2 heterocycles. The molecule has 21 heavy (non-hydrogen) atoms. The molecule has 0 unspecified atom stereocenters. The quantitative estimate of drug-likeness (QED) is 0.824. The van der Waals surface area contributed by atoms with Crippen molar-refractivity contribution < 1.29 is 9.47 Å². The molecule has 4 heteroatoms. The first-order valence-electron chi connectivity index (χ1n) is 7.70. The maximum absolute atomic E-state index is 5.78. The molecule has 2 fully saturated rings. The molecule has 2 aliphatic rings. The van der Waals surface area contributed by atoms with Gasteiger partial charge < -0.3 is 14.4 Å². The van der Waals surface area contributed by atoms with Crippen LogP contribution in [0.2, 0.25) is 0 Å². The van der Waals surface area contributed by atoms with Crippen LogP contribution in [-0.4, -0.2) is 63.9 Å². The van der Waals surface area contributed by atoms with Crippen LogP contribution >= 0.6 is 0 Å². The van der Waals surface area contributed by atoms with Crippen molar-refractivity contribution in [1.82, 2.24) is 9.80 Å². The summed E-state index contributed by atoms with van der Waals surface area (Å²) in [6.45, 7) is 6.14. The molecule has 0 saturated carbocycles. The predicted octanol–water partition coefficient (Wildman–Crippen LogP) is 1.71. The first-order valence-corrected chi connectivity index (χ1v) is 7.70. The highest BCUT2D eigenvalue weighted by atomic mass is 16.5. The lowest BCUT2D eigenvalue weighted by Gasteiger charge is -2.30. The number of ether oxygens (including phenoxy) is 2. The third-order valence-electron chi connectivity index (χ3n) is 4.81. The van der Waals surface area contributed by atoms with E-state index in [-0.39, 0.29) is 0 Å². The monoisotopic (exact) mass is 290 g/mol. The van der Waals surface area contributed by atoms with Crippen LogP contribution in [0, 0.1) is 11.3 Å². The number of para-hydroxylation sites is 1. The van der Waals surface area contributed by atoms with E-state index in [2.05, 4.69) is 36.0 Å². The highest BCUT2D eigenvalue weighted by Gasteiger charge is 2.50. The molecule has 2 aliphatic heterocycles. The zero-order valence-electron chi connectivity index (χ0n) is 13.3. The molecule has 3 rings (SSSR count). The minimum absolute atomic E-state index is 0.311. The number of hydrogen-bond donors (Lipinski definition) is 0. The lowest BCUT2D eigenvalue weighted by atomic mass is 9.81. The molecule has 1 aromatic rings. The van der Waals surface area contributed by atoms with E-state index in [4.69, 9.17) is 9.47 Å². The Labute approximate surface area is 127 Å². The molecule has 116 valence electrons. The molecule has 0 spiro atoms. The average molecular weight is 290 g/mol. The van der Waals surface area contributed by atoms with Crippen LogP contribution < -0.4 is 4.74 Å². The molecule has 2 atom stereocenters. The number of fused-ring (bicyclic) bond motifs is 1. The highest BCUT2D eigenvalue weighted by Crippen LogP contribution is 2.42. The second-order valence-electron chi connectivity index (χ2n) is 6.79. The second-order valence-corrected chi connectivity index (χ2v) is 6.79. The molecule has 0 amide bonds. The fraction of sp³-hybridized carbons (Fsp3) is 0.647. The predicted molar refractivity (Wildman–Crippen MR) is 83.6 cm³/mol. The molecule has 0 radical (unpaired) electrons. The van der Waals surface area contributed by atoms with Crippen LogP contribution in [0.15, 0.2) is 24.3 Å². The Hall–Kier alpha value is -1.10. The summed E-state index contributed by atoms with van der Waals surface area (Å²) in [6.07, 6.45) is 0. The Morgan fingerprint density at radius 1 is 1.38 bits per heavy atom. The molecule has 0 N–H and O–H groups in total. The molecule has 0 bridgehead atoms. The maximum atomic E-state index is 5.78. The van der Waals surface area contributed by atoms with Gasteiger partial charge in [-0.25, -0.2) is 0 Å².